The summed E-state index contributed by atoms with van der Waals surface area (Å²) in [4.78, 5) is 19.3. The Kier molecular flexibility index (Phi) is 5.87. The molecule has 3 aromatic rings. The summed E-state index contributed by atoms with van der Waals surface area (Å²) in [7, 11) is 0. The number of aryl methyl sites for hydroxylation is 1. The summed E-state index contributed by atoms with van der Waals surface area (Å²) in [5.41, 5.74) is 2.85. The number of ether oxygens (including phenoxy) is 1. The van der Waals surface area contributed by atoms with Gasteiger partial charge in [0.05, 0.1) is 12.6 Å². The number of hydrogen-bond donors (Lipinski definition) is 0. The van der Waals surface area contributed by atoms with Crippen molar-refractivity contribution in [2.75, 3.05) is 4.90 Å². The molecule has 0 aliphatic rings. The number of nitrogens with zero attached hydrogens (tertiary/aromatic N) is 2. The van der Waals surface area contributed by atoms with Gasteiger partial charge in [-0.3, -0.25) is 9.69 Å². The van der Waals surface area contributed by atoms with E-state index in [9.17, 15) is 4.79 Å². The number of carbonyl (C=O) groups is 1. The first kappa shape index (κ1) is 18.6. The van der Waals surface area contributed by atoms with Crippen LogP contribution in [0.4, 0.5) is 5.82 Å². The normalized spacial score (nSPS) is 10.7. The lowest BCUT2D eigenvalue weighted by molar-refractivity contribution is 0.0984. The van der Waals surface area contributed by atoms with Crippen LogP contribution in [-0.4, -0.2) is 17.0 Å². The van der Waals surface area contributed by atoms with Gasteiger partial charge in [-0.1, -0.05) is 35.9 Å². The molecular formula is C23H24N2O2. The van der Waals surface area contributed by atoms with E-state index in [1.165, 1.54) is 5.56 Å². The van der Waals surface area contributed by atoms with Crippen LogP contribution in [0.5, 0.6) is 5.75 Å². The zero-order chi connectivity index (χ0) is 19.2. The van der Waals surface area contributed by atoms with E-state index in [-0.39, 0.29) is 12.0 Å². The van der Waals surface area contributed by atoms with E-state index in [1.807, 2.05) is 63.2 Å². The van der Waals surface area contributed by atoms with Gasteiger partial charge in [0, 0.05) is 11.8 Å². The van der Waals surface area contributed by atoms with Gasteiger partial charge in [0.25, 0.3) is 5.91 Å². The second-order valence-electron chi connectivity index (χ2n) is 6.76. The number of anilines is 1. The molecule has 1 aromatic heterocycles. The van der Waals surface area contributed by atoms with Crippen molar-refractivity contribution in [3.8, 4) is 5.75 Å². The van der Waals surface area contributed by atoms with Gasteiger partial charge in [0.1, 0.15) is 11.6 Å². The molecule has 0 atom stereocenters. The van der Waals surface area contributed by atoms with Gasteiger partial charge in [0.2, 0.25) is 0 Å². The number of benzene rings is 2. The number of hydrogen-bond acceptors (Lipinski definition) is 3. The molecule has 0 aliphatic carbocycles. The Morgan fingerprint density at radius 2 is 1.70 bits per heavy atom. The molecule has 1 amide bonds. The number of rotatable bonds is 6. The summed E-state index contributed by atoms with van der Waals surface area (Å²) >= 11 is 0. The monoisotopic (exact) mass is 360 g/mol. The van der Waals surface area contributed by atoms with E-state index < -0.39 is 0 Å². The molecule has 0 bridgehead atoms. The number of aromatic nitrogens is 1. The molecule has 1 heterocycles. The second kappa shape index (κ2) is 8.49. The van der Waals surface area contributed by atoms with Gasteiger partial charge in [-0.05, 0) is 62.7 Å². The highest BCUT2D eigenvalue weighted by Crippen LogP contribution is 2.20. The highest BCUT2D eigenvalue weighted by molar-refractivity contribution is 6.05. The third kappa shape index (κ3) is 4.94. The third-order valence-corrected chi connectivity index (χ3v) is 4.11. The van der Waals surface area contributed by atoms with E-state index >= 15 is 0 Å². The lowest BCUT2D eigenvalue weighted by Gasteiger charge is -2.22. The lowest BCUT2D eigenvalue weighted by atomic mass is 10.1. The molecule has 138 valence electrons. The molecule has 0 aliphatic heterocycles. The largest absolute Gasteiger partial charge is 0.491 e. The number of carbonyl (C=O) groups excluding carboxylic acids is 1. The molecule has 4 heteroatoms. The Hall–Kier alpha value is -3.14. The van der Waals surface area contributed by atoms with Crippen molar-refractivity contribution in [2.45, 2.75) is 33.4 Å². The maximum Gasteiger partial charge on any atom is 0.259 e. The molecule has 0 fully saturated rings. The SMILES string of the molecule is Cc1ccc(CN(C(=O)c2ccc(OC(C)C)cc2)c2ccccn2)cc1. The van der Waals surface area contributed by atoms with E-state index in [1.54, 1.807) is 23.2 Å². The maximum atomic E-state index is 13.2. The zero-order valence-electron chi connectivity index (χ0n) is 15.9. The third-order valence-electron chi connectivity index (χ3n) is 4.11. The van der Waals surface area contributed by atoms with Crippen molar-refractivity contribution in [3.05, 3.63) is 89.6 Å². The summed E-state index contributed by atoms with van der Waals surface area (Å²) in [5.74, 6) is 1.29. The predicted molar refractivity (Wildman–Crippen MR) is 108 cm³/mol. The molecule has 0 N–H and O–H groups in total. The number of amides is 1. The van der Waals surface area contributed by atoms with Crippen LogP contribution in [0.25, 0.3) is 0 Å². The lowest BCUT2D eigenvalue weighted by Crippen LogP contribution is -2.31. The fraction of sp³-hybridized carbons (Fsp3) is 0.217. The molecule has 0 saturated heterocycles. The van der Waals surface area contributed by atoms with Gasteiger partial charge in [0.15, 0.2) is 0 Å². The van der Waals surface area contributed by atoms with Crippen molar-refractivity contribution in [3.63, 3.8) is 0 Å². The fourth-order valence-corrected chi connectivity index (χ4v) is 2.75. The van der Waals surface area contributed by atoms with E-state index in [2.05, 4.69) is 17.1 Å². The smallest absolute Gasteiger partial charge is 0.259 e. The van der Waals surface area contributed by atoms with Gasteiger partial charge >= 0.3 is 0 Å². The van der Waals surface area contributed by atoms with Gasteiger partial charge < -0.3 is 4.74 Å². The first-order valence-electron chi connectivity index (χ1n) is 9.08. The molecule has 0 unspecified atom stereocenters. The van der Waals surface area contributed by atoms with Crippen molar-refractivity contribution in [1.82, 2.24) is 4.98 Å². The molecule has 3 rings (SSSR count). The van der Waals surface area contributed by atoms with E-state index in [0.717, 1.165) is 11.3 Å². The van der Waals surface area contributed by atoms with Crippen LogP contribution in [0.3, 0.4) is 0 Å². The Balaban J connectivity index is 1.87. The van der Waals surface area contributed by atoms with Crippen LogP contribution in [-0.2, 0) is 6.54 Å². The van der Waals surface area contributed by atoms with Crippen LogP contribution in [0.15, 0.2) is 72.9 Å². The van der Waals surface area contributed by atoms with E-state index in [4.69, 9.17) is 4.74 Å². The quantitative estimate of drug-likeness (QED) is 0.619. The van der Waals surface area contributed by atoms with Gasteiger partial charge in [-0.15, -0.1) is 0 Å². The highest BCUT2D eigenvalue weighted by atomic mass is 16.5. The molecule has 0 spiro atoms. The van der Waals surface area contributed by atoms with E-state index in [0.29, 0.717) is 17.9 Å². The minimum atomic E-state index is -0.0922. The zero-order valence-corrected chi connectivity index (χ0v) is 15.9. The topological polar surface area (TPSA) is 42.4 Å². The number of pyridine rings is 1. The Morgan fingerprint density at radius 1 is 1.00 bits per heavy atom. The highest BCUT2D eigenvalue weighted by Gasteiger charge is 2.19. The molecule has 0 radical (unpaired) electrons. The minimum absolute atomic E-state index is 0.0922. The summed E-state index contributed by atoms with van der Waals surface area (Å²) < 4.78 is 5.66. The Labute approximate surface area is 160 Å². The average molecular weight is 360 g/mol. The predicted octanol–water partition coefficient (Wildman–Crippen LogP) is 5.02. The van der Waals surface area contributed by atoms with Crippen LogP contribution in [0.1, 0.15) is 35.3 Å². The first-order valence-corrected chi connectivity index (χ1v) is 9.08. The summed E-state index contributed by atoms with van der Waals surface area (Å²) in [6.07, 6.45) is 1.79. The maximum absolute atomic E-state index is 13.2. The Morgan fingerprint density at radius 3 is 2.30 bits per heavy atom. The van der Waals surface area contributed by atoms with Crippen LogP contribution >= 0.6 is 0 Å². The van der Waals surface area contributed by atoms with Crippen LogP contribution in [0.2, 0.25) is 0 Å². The first-order chi connectivity index (χ1) is 13.0. The standard InChI is InChI=1S/C23H24N2O2/c1-17(2)27-21-13-11-20(12-14-21)23(26)25(22-6-4-5-15-24-22)16-19-9-7-18(3)8-10-19/h4-15,17H,16H2,1-3H3. The minimum Gasteiger partial charge on any atom is -0.491 e. The average Bonchev–Trinajstić information content (AvgIpc) is 2.68. The van der Waals surface area contributed by atoms with Crippen LogP contribution in [0, 0.1) is 6.92 Å². The van der Waals surface area contributed by atoms with Crippen molar-refractivity contribution in [2.24, 2.45) is 0 Å². The van der Waals surface area contributed by atoms with Crippen LogP contribution < -0.4 is 9.64 Å². The van der Waals surface area contributed by atoms with Crippen molar-refractivity contribution >= 4 is 11.7 Å². The fourth-order valence-electron chi connectivity index (χ4n) is 2.75. The van der Waals surface area contributed by atoms with Crippen molar-refractivity contribution in [1.29, 1.82) is 0 Å². The summed E-state index contributed by atoms with van der Waals surface area (Å²) in [6, 6.07) is 21.0. The van der Waals surface area contributed by atoms with Crippen molar-refractivity contribution < 1.29 is 9.53 Å². The summed E-state index contributed by atoms with van der Waals surface area (Å²) in [6.45, 7) is 6.46. The second-order valence-corrected chi connectivity index (χ2v) is 6.76. The molecule has 2 aromatic carbocycles. The van der Waals surface area contributed by atoms with Gasteiger partial charge in [-0.2, -0.15) is 0 Å². The molecule has 0 saturated carbocycles. The summed E-state index contributed by atoms with van der Waals surface area (Å²) in [5, 5.41) is 0. The van der Waals surface area contributed by atoms with Gasteiger partial charge in [-0.25, -0.2) is 4.98 Å². The molecule has 4 nitrogen and oxygen atoms in total. The molecule has 27 heavy (non-hydrogen) atoms. The Bertz CT molecular complexity index is 873. The molecular weight excluding hydrogens is 336 g/mol.